The van der Waals surface area contributed by atoms with Crippen molar-refractivity contribution in [2.45, 2.75) is 30.1 Å². The molecule has 1 N–H and O–H groups in total. The third kappa shape index (κ3) is 2.98. The normalized spacial score (nSPS) is 16.9. The zero-order valence-corrected chi connectivity index (χ0v) is 11.6. The van der Waals surface area contributed by atoms with Crippen molar-refractivity contribution < 1.29 is 27.1 Å². The predicted octanol–water partition coefficient (Wildman–Crippen LogP) is 2.34. The van der Waals surface area contributed by atoms with Gasteiger partial charge >= 0.3 is 5.97 Å². The van der Waals surface area contributed by atoms with Crippen LogP contribution in [0.4, 0.5) is 8.78 Å². The molecule has 4 nitrogen and oxygen atoms in total. The fraction of sp³-hybridized carbons (Fsp3) is 0.462. The van der Waals surface area contributed by atoms with E-state index < -0.39 is 38.3 Å². The predicted molar refractivity (Wildman–Crippen MR) is 67.2 cm³/mol. The molecule has 1 unspecified atom stereocenters. The summed E-state index contributed by atoms with van der Waals surface area (Å²) in [5, 5.41) is 8.85. The van der Waals surface area contributed by atoms with E-state index in [0.717, 1.165) is 25.2 Å². The Morgan fingerprint density at radius 1 is 1.35 bits per heavy atom. The molecule has 1 aliphatic rings. The first kappa shape index (κ1) is 14.9. The van der Waals surface area contributed by atoms with Gasteiger partial charge in [0.2, 0.25) is 0 Å². The summed E-state index contributed by atoms with van der Waals surface area (Å²) in [4.78, 5) is 10.1. The van der Waals surface area contributed by atoms with E-state index in [2.05, 4.69) is 0 Å². The van der Waals surface area contributed by atoms with Crippen LogP contribution in [-0.2, 0) is 14.6 Å². The van der Waals surface area contributed by atoms with Crippen LogP contribution in [0, 0.1) is 17.6 Å². The minimum absolute atomic E-state index is 0.0177. The lowest BCUT2D eigenvalue weighted by atomic mass is 9.90. The highest BCUT2D eigenvalue weighted by Gasteiger charge is 2.36. The Balaban J connectivity index is 2.47. The molecule has 1 aromatic rings. The van der Waals surface area contributed by atoms with Gasteiger partial charge in [-0.15, -0.1) is 0 Å². The molecule has 0 aromatic heterocycles. The van der Waals surface area contributed by atoms with Crippen molar-refractivity contribution >= 4 is 15.8 Å². The average Bonchev–Trinajstić information content (AvgIpc) is 3.12. The van der Waals surface area contributed by atoms with Gasteiger partial charge in [-0.2, -0.15) is 0 Å². The number of carbonyl (C=O) groups is 1. The lowest BCUT2D eigenvalue weighted by molar-refractivity contribution is -0.137. The molecule has 1 aliphatic carbocycles. The molecule has 0 radical (unpaired) electrons. The Morgan fingerprint density at radius 2 is 1.95 bits per heavy atom. The van der Waals surface area contributed by atoms with Gasteiger partial charge in [0.05, 0.1) is 6.42 Å². The Labute approximate surface area is 115 Å². The van der Waals surface area contributed by atoms with Crippen LogP contribution < -0.4 is 0 Å². The number of hydrogen-bond acceptors (Lipinski definition) is 3. The molecular weight excluding hydrogens is 290 g/mol. The largest absolute Gasteiger partial charge is 0.481 e. The summed E-state index contributed by atoms with van der Waals surface area (Å²) >= 11 is 0. The molecule has 20 heavy (non-hydrogen) atoms. The van der Waals surface area contributed by atoms with Crippen LogP contribution in [0.3, 0.4) is 0 Å². The summed E-state index contributed by atoms with van der Waals surface area (Å²) in [7, 11) is -3.86. The number of carboxylic acids is 1. The van der Waals surface area contributed by atoms with Gasteiger partial charge in [0.15, 0.2) is 21.5 Å². The zero-order valence-electron chi connectivity index (χ0n) is 10.8. The second-order valence-corrected chi connectivity index (χ2v) is 7.08. The van der Waals surface area contributed by atoms with E-state index in [0.29, 0.717) is 0 Å². The smallest absolute Gasteiger partial charge is 0.303 e. The SMILES string of the molecule is CS(=O)(=O)c1ccc(C(CC(=O)O)C2CC2)c(F)c1F. The zero-order chi connectivity index (χ0) is 15.1. The molecule has 0 amide bonds. The summed E-state index contributed by atoms with van der Waals surface area (Å²) < 4.78 is 50.5. The number of aliphatic carboxylic acids is 1. The maximum atomic E-state index is 14.0. The standard InChI is InChI=1S/C13H14F2O4S/c1-20(18,19)10-5-4-8(12(14)13(10)15)9(6-11(16)17)7-2-3-7/h4-5,7,9H,2-3,6H2,1H3,(H,16,17). The van der Waals surface area contributed by atoms with Crippen LogP contribution in [0.25, 0.3) is 0 Å². The van der Waals surface area contributed by atoms with Crippen molar-refractivity contribution in [1.29, 1.82) is 0 Å². The lowest BCUT2D eigenvalue weighted by Crippen LogP contribution is -2.13. The minimum Gasteiger partial charge on any atom is -0.481 e. The Bertz CT molecular complexity index is 651. The number of rotatable bonds is 5. The van der Waals surface area contributed by atoms with Crippen LogP contribution >= 0.6 is 0 Å². The van der Waals surface area contributed by atoms with E-state index in [-0.39, 0.29) is 17.9 Å². The topological polar surface area (TPSA) is 71.4 Å². The van der Waals surface area contributed by atoms with Gasteiger partial charge in [-0.3, -0.25) is 4.79 Å². The van der Waals surface area contributed by atoms with Crippen LogP contribution in [-0.4, -0.2) is 25.7 Å². The van der Waals surface area contributed by atoms with Gasteiger partial charge in [-0.25, -0.2) is 17.2 Å². The van der Waals surface area contributed by atoms with E-state index in [4.69, 9.17) is 5.11 Å². The van der Waals surface area contributed by atoms with Gasteiger partial charge in [-0.05, 0) is 30.4 Å². The van der Waals surface area contributed by atoms with Crippen molar-refractivity contribution in [1.82, 2.24) is 0 Å². The van der Waals surface area contributed by atoms with Gasteiger partial charge in [0, 0.05) is 12.2 Å². The number of hydrogen-bond donors (Lipinski definition) is 1. The van der Waals surface area contributed by atoms with Gasteiger partial charge in [0.25, 0.3) is 0 Å². The molecule has 1 atom stereocenters. The molecule has 7 heteroatoms. The van der Waals surface area contributed by atoms with Crippen LogP contribution in [0.5, 0.6) is 0 Å². The van der Waals surface area contributed by atoms with E-state index in [1.807, 2.05) is 0 Å². The molecule has 1 aromatic carbocycles. The van der Waals surface area contributed by atoms with E-state index >= 15 is 0 Å². The molecule has 0 bridgehead atoms. The van der Waals surface area contributed by atoms with Crippen molar-refractivity contribution in [2.24, 2.45) is 5.92 Å². The van der Waals surface area contributed by atoms with E-state index in [1.54, 1.807) is 0 Å². The van der Waals surface area contributed by atoms with Crippen LogP contribution in [0.1, 0.15) is 30.7 Å². The van der Waals surface area contributed by atoms with Crippen molar-refractivity contribution in [3.63, 3.8) is 0 Å². The summed E-state index contributed by atoms with van der Waals surface area (Å²) in [5.41, 5.74) is -0.0557. The molecule has 110 valence electrons. The Kier molecular flexibility index (Phi) is 3.82. The van der Waals surface area contributed by atoms with Gasteiger partial charge < -0.3 is 5.11 Å². The highest BCUT2D eigenvalue weighted by Crippen LogP contribution is 2.45. The number of halogens is 2. The molecular formula is C13H14F2O4S. The molecule has 1 saturated carbocycles. The fourth-order valence-electron chi connectivity index (χ4n) is 2.34. The van der Waals surface area contributed by atoms with Crippen LogP contribution in [0.15, 0.2) is 17.0 Å². The molecule has 0 saturated heterocycles. The molecule has 0 aliphatic heterocycles. The van der Waals surface area contributed by atoms with Gasteiger partial charge in [-0.1, -0.05) is 6.07 Å². The second-order valence-electron chi connectivity index (χ2n) is 5.09. The first-order valence-corrected chi connectivity index (χ1v) is 8.00. The number of carboxylic acid groups (broad SMARTS) is 1. The highest BCUT2D eigenvalue weighted by atomic mass is 32.2. The van der Waals surface area contributed by atoms with E-state index in [9.17, 15) is 22.0 Å². The quantitative estimate of drug-likeness (QED) is 0.906. The summed E-state index contributed by atoms with van der Waals surface area (Å²) in [6.45, 7) is 0. The van der Waals surface area contributed by atoms with Crippen molar-refractivity contribution in [2.75, 3.05) is 6.26 Å². The monoisotopic (exact) mass is 304 g/mol. The number of benzene rings is 1. The first-order chi connectivity index (χ1) is 9.21. The lowest BCUT2D eigenvalue weighted by Gasteiger charge is -2.16. The second kappa shape index (κ2) is 5.12. The minimum atomic E-state index is -3.86. The third-order valence-corrected chi connectivity index (χ3v) is 4.58. The summed E-state index contributed by atoms with van der Waals surface area (Å²) in [6.07, 6.45) is 2.04. The van der Waals surface area contributed by atoms with Gasteiger partial charge in [0.1, 0.15) is 4.90 Å². The summed E-state index contributed by atoms with van der Waals surface area (Å²) in [6, 6.07) is 2.18. The average molecular weight is 304 g/mol. The molecule has 0 spiro atoms. The summed E-state index contributed by atoms with van der Waals surface area (Å²) in [5.74, 6) is -4.37. The fourth-order valence-corrected chi connectivity index (χ4v) is 3.07. The first-order valence-electron chi connectivity index (χ1n) is 6.11. The highest BCUT2D eigenvalue weighted by molar-refractivity contribution is 7.90. The Morgan fingerprint density at radius 3 is 2.40 bits per heavy atom. The van der Waals surface area contributed by atoms with E-state index in [1.165, 1.54) is 6.07 Å². The third-order valence-electron chi connectivity index (χ3n) is 3.46. The Hall–Kier alpha value is -1.50. The maximum absolute atomic E-state index is 14.0. The number of sulfone groups is 1. The molecule has 0 heterocycles. The van der Waals surface area contributed by atoms with Crippen molar-refractivity contribution in [3.8, 4) is 0 Å². The van der Waals surface area contributed by atoms with Crippen molar-refractivity contribution in [3.05, 3.63) is 29.3 Å². The molecule has 2 rings (SSSR count). The molecule has 1 fully saturated rings. The van der Waals surface area contributed by atoms with Crippen LogP contribution in [0.2, 0.25) is 0 Å². The maximum Gasteiger partial charge on any atom is 0.303 e.